The third-order valence-electron chi connectivity index (χ3n) is 5.48. The minimum absolute atomic E-state index is 0.0350. The average molecular weight is 526 g/mol. The first-order chi connectivity index (χ1) is 16.9. The highest BCUT2D eigenvalue weighted by molar-refractivity contribution is 6.30. The highest BCUT2D eigenvalue weighted by atomic mass is 35.5. The molecule has 1 aromatic heterocycles. The molecule has 1 aromatic carbocycles. The van der Waals surface area contributed by atoms with Crippen LogP contribution in [0.3, 0.4) is 0 Å². The molecule has 2 heterocycles. The monoisotopic (exact) mass is 525 g/mol. The summed E-state index contributed by atoms with van der Waals surface area (Å²) in [5, 5.41) is -0.0350. The maximum Gasteiger partial charge on any atom is 0.412 e. The summed E-state index contributed by atoms with van der Waals surface area (Å²) in [4.78, 5) is 31.1. The van der Waals surface area contributed by atoms with Crippen LogP contribution in [0.5, 0.6) is 5.75 Å². The van der Waals surface area contributed by atoms with Gasteiger partial charge in [-0.3, -0.25) is 9.80 Å². The molecular formula is C25H30ClF2N3O5. The molecule has 0 bridgehead atoms. The van der Waals surface area contributed by atoms with Crippen molar-refractivity contribution < 1.29 is 32.6 Å². The Balaban J connectivity index is 1.78. The van der Waals surface area contributed by atoms with Crippen molar-refractivity contribution in [1.29, 1.82) is 0 Å². The molecule has 0 aliphatic carbocycles. The van der Waals surface area contributed by atoms with Crippen molar-refractivity contribution in [2.24, 2.45) is 0 Å². The zero-order valence-electron chi connectivity index (χ0n) is 20.9. The Morgan fingerprint density at radius 3 is 2.56 bits per heavy atom. The maximum absolute atomic E-state index is 14.9. The highest BCUT2D eigenvalue weighted by Gasteiger charge is 2.34. The predicted octanol–water partition coefficient (Wildman–Crippen LogP) is 4.94. The quantitative estimate of drug-likeness (QED) is 0.390. The normalized spacial score (nSPS) is 17.4. The van der Waals surface area contributed by atoms with Gasteiger partial charge in [-0.1, -0.05) is 17.7 Å². The summed E-state index contributed by atoms with van der Waals surface area (Å²) in [7, 11) is 1.26. The molecule has 2 atom stereocenters. The number of alkyl halides is 1. The standard InChI is InChI=1S/C25H30ClF2N3O5/c1-15-10-17(12-29-22(15)23(32)34-5)35-20(16-6-7-18(26)19(27)11-16)13-30-8-9-31(21(28)14-30)24(33)36-25(2,3)4/h6-7,10-12,20-21H,8-9,13-14H2,1-5H3/t20-,21+/m1/s1. The highest BCUT2D eigenvalue weighted by Crippen LogP contribution is 2.28. The number of pyridine rings is 1. The summed E-state index contributed by atoms with van der Waals surface area (Å²) in [5.41, 5.74) is 0.436. The molecule has 8 nitrogen and oxygen atoms in total. The number of benzene rings is 1. The molecule has 11 heteroatoms. The minimum Gasteiger partial charge on any atom is -0.483 e. The van der Waals surface area contributed by atoms with E-state index in [1.165, 1.54) is 25.4 Å². The van der Waals surface area contributed by atoms with Crippen LogP contribution in [0.25, 0.3) is 0 Å². The Labute approximate surface area is 214 Å². The number of piperazine rings is 1. The largest absolute Gasteiger partial charge is 0.483 e. The Morgan fingerprint density at radius 2 is 1.97 bits per heavy atom. The summed E-state index contributed by atoms with van der Waals surface area (Å²) >= 11 is 5.85. The molecule has 36 heavy (non-hydrogen) atoms. The summed E-state index contributed by atoms with van der Waals surface area (Å²) < 4.78 is 45.3. The number of halogens is 3. The molecule has 3 rings (SSSR count). The van der Waals surface area contributed by atoms with E-state index in [-0.39, 0.29) is 30.4 Å². The number of nitrogens with zero attached hydrogens (tertiary/aromatic N) is 3. The van der Waals surface area contributed by atoms with Crippen LogP contribution in [0.15, 0.2) is 30.5 Å². The van der Waals surface area contributed by atoms with Gasteiger partial charge in [-0.2, -0.15) is 0 Å². The van der Waals surface area contributed by atoms with Gasteiger partial charge < -0.3 is 14.2 Å². The topological polar surface area (TPSA) is 81.2 Å². The van der Waals surface area contributed by atoms with Gasteiger partial charge in [0.2, 0.25) is 0 Å². The molecule has 196 valence electrons. The Hall–Kier alpha value is -2.98. The lowest BCUT2D eigenvalue weighted by Gasteiger charge is -2.39. The second-order valence-corrected chi connectivity index (χ2v) is 9.88. The lowest BCUT2D eigenvalue weighted by molar-refractivity contribution is -0.0367. The van der Waals surface area contributed by atoms with Gasteiger partial charge in [-0.05, 0) is 57.0 Å². The number of ether oxygens (including phenoxy) is 3. The molecule has 2 aromatic rings. The third kappa shape index (κ3) is 7.04. The van der Waals surface area contributed by atoms with Gasteiger partial charge in [-0.25, -0.2) is 23.4 Å². The van der Waals surface area contributed by atoms with Crippen LogP contribution in [-0.4, -0.2) is 72.0 Å². The van der Waals surface area contributed by atoms with Crippen molar-refractivity contribution in [2.45, 2.75) is 45.7 Å². The van der Waals surface area contributed by atoms with E-state index in [0.717, 1.165) is 4.90 Å². The fourth-order valence-corrected chi connectivity index (χ4v) is 3.85. The van der Waals surface area contributed by atoms with Crippen LogP contribution in [-0.2, 0) is 9.47 Å². The number of carbonyl (C=O) groups is 2. The van der Waals surface area contributed by atoms with Crippen LogP contribution in [0, 0.1) is 12.7 Å². The first-order valence-corrected chi connectivity index (χ1v) is 11.8. The number of carbonyl (C=O) groups excluding carboxylic acids is 2. The minimum atomic E-state index is -1.58. The Morgan fingerprint density at radius 1 is 1.25 bits per heavy atom. The molecule has 0 saturated carbocycles. The zero-order chi connectivity index (χ0) is 26.6. The van der Waals surface area contributed by atoms with E-state index in [9.17, 15) is 18.4 Å². The second kappa shape index (κ2) is 11.4. The summed E-state index contributed by atoms with van der Waals surface area (Å²) in [6.07, 6.45) is -1.65. The van der Waals surface area contributed by atoms with Crippen LogP contribution in [0.4, 0.5) is 13.6 Å². The molecule has 0 spiro atoms. The maximum atomic E-state index is 14.9. The van der Waals surface area contributed by atoms with Crippen molar-refractivity contribution >= 4 is 23.7 Å². The van der Waals surface area contributed by atoms with Gasteiger partial charge in [0, 0.05) is 26.2 Å². The van der Waals surface area contributed by atoms with E-state index in [1.54, 1.807) is 44.7 Å². The molecule has 0 N–H and O–H groups in total. The van der Waals surface area contributed by atoms with Crippen molar-refractivity contribution in [2.75, 3.05) is 33.3 Å². The fraction of sp³-hybridized carbons (Fsp3) is 0.480. The SMILES string of the molecule is COC(=O)c1ncc(O[C@H](CN2CCN(C(=O)OC(C)(C)C)[C@H](F)C2)c2ccc(Cl)c(F)c2)cc1C. The van der Waals surface area contributed by atoms with Crippen molar-refractivity contribution in [3.05, 3.63) is 58.1 Å². The number of hydrogen-bond acceptors (Lipinski definition) is 7. The lowest BCUT2D eigenvalue weighted by Crippen LogP contribution is -2.55. The lowest BCUT2D eigenvalue weighted by atomic mass is 10.1. The number of esters is 1. The first-order valence-electron chi connectivity index (χ1n) is 11.4. The van der Waals surface area contributed by atoms with Crippen molar-refractivity contribution in [1.82, 2.24) is 14.8 Å². The van der Waals surface area contributed by atoms with Gasteiger partial charge >= 0.3 is 12.1 Å². The smallest absolute Gasteiger partial charge is 0.412 e. The van der Waals surface area contributed by atoms with Crippen molar-refractivity contribution in [3.63, 3.8) is 0 Å². The molecule has 1 aliphatic heterocycles. The van der Waals surface area contributed by atoms with Crippen LogP contribution in [0.1, 0.15) is 48.5 Å². The Bertz CT molecular complexity index is 1110. The van der Waals surface area contributed by atoms with Gasteiger partial charge in [0.05, 0.1) is 18.3 Å². The van der Waals surface area contributed by atoms with E-state index in [4.69, 9.17) is 25.8 Å². The van der Waals surface area contributed by atoms with E-state index in [2.05, 4.69) is 4.98 Å². The number of methoxy groups -OCH3 is 1. The van der Waals surface area contributed by atoms with E-state index in [0.29, 0.717) is 23.4 Å². The first kappa shape index (κ1) is 27.6. The van der Waals surface area contributed by atoms with E-state index < -0.39 is 35.9 Å². The number of rotatable bonds is 6. The molecule has 1 amide bonds. The summed E-state index contributed by atoms with van der Waals surface area (Å²) in [6.45, 7) is 7.43. The average Bonchev–Trinajstić information content (AvgIpc) is 2.79. The third-order valence-corrected chi connectivity index (χ3v) is 5.79. The molecule has 0 radical (unpaired) electrons. The second-order valence-electron chi connectivity index (χ2n) is 9.48. The van der Waals surface area contributed by atoms with Crippen LogP contribution < -0.4 is 4.74 Å². The van der Waals surface area contributed by atoms with Gasteiger partial charge in [-0.15, -0.1) is 0 Å². The van der Waals surface area contributed by atoms with Gasteiger partial charge in [0.1, 0.15) is 23.3 Å². The number of amides is 1. The van der Waals surface area contributed by atoms with Crippen LogP contribution >= 0.6 is 11.6 Å². The fourth-order valence-electron chi connectivity index (χ4n) is 3.73. The summed E-state index contributed by atoms with van der Waals surface area (Å²) in [5.74, 6) is -0.854. The van der Waals surface area contributed by atoms with E-state index >= 15 is 0 Å². The molecule has 1 aliphatic rings. The molecule has 1 saturated heterocycles. The van der Waals surface area contributed by atoms with Crippen molar-refractivity contribution in [3.8, 4) is 5.75 Å². The molecule has 1 fully saturated rings. The van der Waals surface area contributed by atoms with Crippen LogP contribution in [0.2, 0.25) is 5.02 Å². The number of aromatic nitrogens is 1. The number of aryl methyl sites for hydroxylation is 1. The van der Waals surface area contributed by atoms with E-state index in [1.807, 2.05) is 0 Å². The molecular weight excluding hydrogens is 496 g/mol. The number of hydrogen-bond donors (Lipinski definition) is 0. The van der Waals surface area contributed by atoms with Gasteiger partial charge in [0.15, 0.2) is 12.0 Å². The summed E-state index contributed by atoms with van der Waals surface area (Å²) in [6, 6.07) is 5.94. The predicted molar refractivity (Wildman–Crippen MR) is 129 cm³/mol. The molecule has 0 unspecified atom stereocenters. The Kier molecular flexibility index (Phi) is 8.73. The van der Waals surface area contributed by atoms with Gasteiger partial charge in [0.25, 0.3) is 0 Å². The zero-order valence-corrected chi connectivity index (χ0v) is 21.6.